The van der Waals surface area contributed by atoms with E-state index in [0.29, 0.717) is 24.5 Å². The maximum Gasteiger partial charge on any atom is 0.268 e. The van der Waals surface area contributed by atoms with Crippen LogP contribution >= 0.6 is 0 Å². The maximum absolute atomic E-state index is 13.1. The van der Waals surface area contributed by atoms with Crippen LogP contribution < -0.4 is 10.6 Å². The van der Waals surface area contributed by atoms with Gasteiger partial charge in [0.2, 0.25) is 0 Å². The fraction of sp³-hybridized carbons (Fsp3) is 0.143. The van der Waals surface area contributed by atoms with Crippen molar-refractivity contribution in [2.45, 2.75) is 4.90 Å². The molecule has 0 fully saturated rings. The number of nitrogens with one attached hydrogen (secondary N) is 2. The van der Waals surface area contributed by atoms with Crippen LogP contribution in [0.2, 0.25) is 0 Å². The molecule has 0 aliphatic carbocycles. The molecular weight excluding hydrogens is 486 g/mol. The lowest BCUT2D eigenvalue weighted by Gasteiger charge is -2.10. The molecule has 8 nitrogen and oxygen atoms in total. The highest BCUT2D eigenvalue weighted by molar-refractivity contribution is 7.90. The third-order valence-electron chi connectivity index (χ3n) is 5.78. The second-order valence-electron chi connectivity index (χ2n) is 8.25. The Morgan fingerprint density at radius 1 is 1.00 bits per heavy atom. The summed E-state index contributed by atoms with van der Waals surface area (Å²) in [5.41, 5.74) is 3.03. The molecule has 0 atom stereocenters. The second kappa shape index (κ2) is 10.8. The zero-order chi connectivity index (χ0) is 25.7. The summed E-state index contributed by atoms with van der Waals surface area (Å²) in [4.78, 5) is 9.05. The average molecular weight is 512 g/mol. The van der Waals surface area contributed by atoms with Crippen LogP contribution in [0.5, 0.6) is 0 Å². The molecule has 9 heteroatoms. The quantitative estimate of drug-likeness (QED) is 0.239. The number of rotatable bonds is 8. The molecule has 0 bridgehead atoms. The van der Waals surface area contributed by atoms with Gasteiger partial charge >= 0.3 is 0 Å². The third kappa shape index (κ3) is 5.32. The van der Waals surface area contributed by atoms with Crippen LogP contribution in [0.1, 0.15) is 5.56 Å². The van der Waals surface area contributed by atoms with Crippen molar-refractivity contribution in [2.24, 2.45) is 0 Å². The van der Waals surface area contributed by atoms with Crippen LogP contribution in [0.3, 0.4) is 0 Å². The highest BCUT2D eigenvalue weighted by atomic mass is 32.2. The van der Waals surface area contributed by atoms with Crippen molar-refractivity contribution in [1.82, 2.24) is 19.3 Å². The molecular formula is C28H25N5O3S. The summed E-state index contributed by atoms with van der Waals surface area (Å²) >= 11 is 0. The van der Waals surface area contributed by atoms with Crippen LogP contribution in [0.4, 0.5) is 11.5 Å². The van der Waals surface area contributed by atoms with E-state index in [1.54, 1.807) is 55.8 Å². The first kappa shape index (κ1) is 24.5. The Hall–Kier alpha value is -4.23. The fourth-order valence-corrected chi connectivity index (χ4v) is 5.33. The number of fused-ring (bicyclic) bond motifs is 2. The summed E-state index contributed by atoms with van der Waals surface area (Å²) in [6.45, 7) is 1.96. The Morgan fingerprint density at radius 2 is 1.86 bits per heavy atom. The van der Waals surface area contributed by atoms with Crippen LogP contribution in [0.15, 0.2) is 90.2 Å². The number of ether oxygens (including phenoxy) is 1. The summed E-state index contributed by atoms with van der Waals surface area (Å²) < 4.78 is 32.5. The van der Waals surface area contributed by atoms with Crippen molar-refractivity contribution < 1.29 is 13.2 Å². The molecule has 37 heavy (non-hydrogen) atoms. The number of benzene rings is 3. The summed E-state index contributed by atoms with van der Waals surface area (Å²) in [5.74, 6) is 6.92. The van der Waals surface area contributed by atoms with E-state index in [9.17, 15) is 8.42 Å². The van der Waals surface area contributed by atoms with Crippen LogP contribution in [0.25, 0.3) is 21.8 Å². The number of nitrogens with zero attached hydrogens (tertiary/aromatic N) is 3. The normalized spacial score (nSPS) is 11.4. The molecule has 3 aromatic carbocycles. The molecule has 0 saturated carbocycles. The van der Waals surface area contributed by atoms with E-state index < -0.39 is 10.0 Å². The van der Waals surface area contributed by atoms with Crippen molar-refractivity contribution in [3.63, 3.8) is 0 Å². The van der Waals surface area contributed by atoms with E-state index >= 15 is 0 Å². The van der Waals surface area contributed by atoms with Gasteiger partial charge in [-0.2, -0.15) is 0 Å². The predicted molar refractivity (Wildman–Crippen MR) is 145 cm³/mol. The summed E-state index contributed by atoms with van der Waals surface area (Å²) in [7, 11) is -2.02. The molecule has 0 radical (unpaired) electrons. The Morgan fingerprint density at radius 3 is 2.70 bits per heavy atom. The summed E-state index contributed by atoms with van der Waals surface area (Å²) in [6.07, 6.45) is 3.09. The number of methoxy groups -OCH3 is 1. The molecule has 0 aliphatic rings. The molecule has 5 rings (SSSR count). The molecule has 2 aromatic heterocycles. The maximum atomic E-state index is 13.1. The van der Waals surface area contributed by atoms with Gasteiger partial charge in [0, 0.05) is 41.9 Å². The van der Waals surface area contributed by atoms with Crippen molar-refractivity contribution in [3.8, 4) is 11.8 Å². The largest absolute Gasteiger partial charge is 0.383 e. The van der Waals surface area contributed by atoms with Gasteiger partial charge in [0.15, 0.2) is 0 Å². The standard InChI is InChI=1S/C28H25N5O3S/c1-36-17-15-29-14-5-6-21-9-11-26-25(18-21)28(31-20-30-26)32-23-10-12-27-22(19-23)13-16-33(27)37(34,35)24-7-3-2-4-8-24/h2-4,7-13,16,18-20,29H,14-15,17H2,1H3,(H,30,31,32). The molecule has 0 unspecified atom stereocenters. The first-order chi connectivity index (χ1) is 18.1. The third-order valence-corrected chi connectivity index (χ3v) is 7.49. The Labute approximate surface area is 215 Å². The lowest BCUT2D eigenvalue weighted by atomic mass is 10.1. The van der Waals surface area contributed by atoms with Gasteiger partial charge in [-0.1, -0.05) is 30.0 Å². The highest BCUT2D eigenvalue weighted by Gasteiger charge is 2.18. The van der Waals surface area contributed by atoms with Crippen molar-refractivity contribution >= 4 is 43.3 Å². The zero-order valence-electron chi connectivity index (χ0n) is 20.2. The monoisotopic (exact) mass is 511 g/mol. The van der Waals surface area contributed by atoms with Gasteiger partial charge in [0.05, 0.1) is 29.1 Å². The van der Waals surface area contributed by atoms with Crippen molar-refractivity contribution in [3.05, 3.63) is 90.9 Å². The SMILES string of the molecule is COCCNCC#Cc1ccc2ncnc(Nc3ccc4c(ccn4S(=O)(=O)c4ccccc4)c3)c2c1. The first-order valence-corrected chi connectivity index (χ1v) is 13.1. The van der Waals surface area contributed by atoms with Gasteiger partial charge in [-0.25, -0.2) is 22.4 Å². The number of anilines is 2. The number of hydrogen-bond donors (Lipinski definition) is 2. The van der Waals surface area contributed by atoms with Crippen molar-refractivity contribution in [1.29, 1.82) is 0 Å². The van der Waals surface area contributed by atoms with Crippen LogP contribution in [-0.2, 0) is 14.8 Å². The Bertz CT molecular complexity index is 1720. The molecule has 5 aromatic rings. The molecule has 0 aliphatic heterocycles. The molecule has 2 heterocycles. The average Bonchev–Trinajstić information content (AvgIpc) is 3.36. The summed E-state index contributed by atoms with van der Waals surface area (Å²) in [5, 5.41) is 8.18. The summed E-state index contributed by atoms with van der Waals surface area (Å²) in [6, 6.07) is 21.5. The van der Waals surface area contributed by atoms with E-state index in [4.69, 9.17) is 4.74 Å². The van der Waals surface area contributed by atoms with Crippen LogP contribution in [-0.4, -0.2) is 49.2 Å². The van der Waals surface area contributed by atoms with Crippen molar-refractivity contribution in [2.75, 3.05) is 32.1 Å². The highest BCUT2D eigenvalue weighted by Crippen LogP contribution is 2.28. The second-order valence-corrected chi connectivity index (χ2v) is 10.1. The number of hydrogen-bond acceptors (Lipinski definition) is 7. The van der Waals surface area contributed by atoms with Crippen LogP contribution in [0, 0.1) is 11.8 Å². The van der Waals surface area contributed by atoms with Gasteiger partial charge in [-0.05, 0) is 54.6 Å². The first-order valence-electron chi connectivity index (χ1n) is 11.7. The van der Waals surface area contributed by atoms with E-state index in [1.165, 1.54) is 10.3 Å². The van der Waals surface area contributed by atoms with E-state index in [-0.39, 0.29) is 4.90 Å². The topological polar surface area (TPSA) is 98.1 Å². The van der Waals surface area contributed by atoms with Gasteiger partial charge < -0.3 is 15.4 Å². The van der Waals surface area contributed by atoms with E-state index in [2.05, 4.69) is 32.4 Å². The minimum atomic E-state index is -3.69. The lowest BCUT2D eigenvalue weighted by Crippen LogP contribution is -2.19. The van der Waals surface area contributed by atoms with E-state index in [0.717, 1.165) is 34.1 Å². The Kier molecular flexibility index (Phi) is 7.14. The van der Waals surface area contributed by atoms with Gasteiger partial charge in [-0.3, -0.25) is 0 Å². The zero-order valence-corrected chi connectivity index (χ0v) is 21.0. The van der Waals surface area contributed by atoms with Gasteiger partial charge in [0.1, 0.15) is 12.1 Å². The molecule has 0 amide bonds. The molecule has 2 N–H and O–H groups in total. The fourth-order valence-electron chi connectivity index (χ4n) is 3.95. The molecule has 186 valence electrons. The number of aromatic nitrogens is 3. The predicted octanol–water partition coefficient (Wildman–Crippen LogP) is 4.15. The molecule has 0 saturated heterocycles. The minimum absolute atomic E-state index is 0.242. The van der Waals surface area contributed by atoms with E-state index in [1.807, 2.05) is 30.3 Å². The minimum Gasteiger partial charge on any atom is -0.383 e. The van der Waals surface area contributed by atoms with Gasteiger partial charge in [0.25, 0.3) is 10.0 Å². The van der Waals surface area contributed by atoms with Gasteiger partial charge in [-0.15, -0.1) is 0 Å². The Balaban J connectivity index is 1.41. The lowest BCUT2D eigenvalue weighted by molar-refractivity contribution is 0.200. The molecule has 0 spiro atoms. The smallest absolute Gasteiger partial charge is 0.268 e.